The molecule has 1 aromatic rings. The second-order valence-electron chi connectivity index (χ2n) is 5.68. The third-order valence-corrected chi connectivity index (χ3v) is 3.68. The summed E-state index contributed by atoms with van der Waals surface area (Å²) in [6.07, 6.45) is 0.797. The Morgan fingerprint density at radius 2 is 2.29 bits per heavy atom. The van der Waals surface area contributed by atoms with E-state index in [1.54, 1.807) is 0 Å². The Bertz CT molecular complexity index is 480. The van der Waals surface area contributed by atoms with Gasteiger partial charge in [-0.1, -0.05) is 12.1 Å². The lowest BCUT2D eigenvalue weighted by Gasteiger charge is -2.24. The highest BCUT2D eigenvalue weighted by Gasteiger charge is 2.18. The fourth-order valence-corrected chi connectivity index (χ4v) is 2.32. The van der Waals surface area contributed by atoms with Crippen LogP contribution in [0.4, 0.5) is 0 Å². The van der Waals surface area contributed by atoms with Gasteiger partial charge in [-0.25, -0.2) is 0 Å². The summed E-state index contributed by atoms with van der Waals surface area (Å²) in [5.74, 6) is 0.922. The molecular formula is C16H24N2O3. The molecule has 5 nitrogen and oxygen atoms in total. The van der Waals surface area contributed by atoms with Crippen molar-refractivity contribution in [2.45, 2.75) is 38.8 Å². The zero-order valence-electron chi connectivity index (χ0n) is 12.7. The van der Waals surface area contributed by atoms with Crippen molar-refractivity contribution in [3.05, 3.63) is 29.3 Å². The molecule has 1 aromatic carbocycles. The number of amides is 1. The number of hydrogen-bond donors (Lipinski definition) is 3. The van der Waals surface area contributed by atoms with Crippen LogP contribution in [0.1, 0.15) is 24.0 Å². The highest BCUT2D eigenvalue weighted by atomic mass is 16.5. The average molecular weight is 292 g/mol. The van der Waals surface area contributed by atoms with Crippen molar-refractivity contribution >= 4 is 5.91 Å². The van der Waals surface area contributed by atoms with Crippen LogP contribution in [-0.2, 0) is 4.79 Å². The molecule has 5 heteroatoms. The minimum absolute atomic E-state index is 0.104. The summed E-state index contributed by atoms with van der Waals surface area (Å²) in [7, 11) is 0. The standard InChI is InChI=1S/C16H24N2O3/c1-11-3-4-12(2)15(7-11)21-10-14(19)9-17-13-5-6-16(20)18-8-13/h3-4,7,13-14,17,19H,5-6,8-10H2,1-2H3,(H,18,20). The molecule has 3 N–H and O–H groups in total. The maximum atomic E-state index is 11.1. The zero-order chi connectivity index (χ0) is 15.2. The molecule has 0 aliphatic carbocycles. The van der Waals surface area contributed by atoms with E-state index < -0.39 is 6.10 Å². The van der Waals surface area contributed by atoms with Crippen LogP contribution < -0.4 is 15.4 Å². The van der Waals surface area contributed by atoms with Crippen LogP contribution in [-0.4, -0.2) is 42.9 Å². The molecule has 21 heavy (non-hydrogen) atoms. The number of piperidine rings is 1. The van der Waals surface area contributed by atoms with Crippen molar-refractivity contribution in [2.24, 2.45) is 0 Å². The second-order valence-corrected chi connectivity index (χ2v) is 5.68. The zero-order valence-corrected chi connectivity index (χ0v) is 12.7. The molecule has 1 aliphatic heterocycles. The fourth-order valence-electron chi connectivity index (χ4n) is 2.32. The van der Waals surface area contributed by atoms with Gasteiger partial charge < -0.3 is 20.5 Å². The van der Waals surface area contributed by atoms with Crippen molar-refractivity contribution in [1.82, 2.24) is 10.6 Å². The summed E-state index contributed by atoms with van der Waals surface area (Å²) in [6, 6.07) is 6.27. The number of aliphatic hydroxyl groups is 1. The second kappa shape index (κ2) is 7.43. The maximum absolute atomic E-state index is 11.1. The highest BCUT2D eigenvalue weighted by molar-refractivity contribution is 5.76. The summed E-state index contributed by atoms with van der Waals surface area (Å²) in [6.45, 7) is 5.36. The van der Waals surface area contributed by atoms with Gasteiger partial charge in [-0.05, 0) is 37.5 Å². The molecule has 0 aromatic heterocycles. The predicted molar refractivity (Wildman–Crippen MR) is 81.5 cm³/mol. The van der Waals surface area contributed by atoms with E-state index in [4.69, 9.17) is 4.74 Å². The molecule has 0 saturated carbocycles. The van der Waals surface area contributed by atoms with E-state index in [1.807, 2.05) is 32.0 Å². The lowest BCUT2D eigenvalue weighted by molar-refractivity contribution is -0.122. The quantitative estimate of drug-likeness (QED) is 0.729. The van der Waals surface area contributed by atoms with E-state index in [0.717, 1.165) is 23.3 Å². The number of aryl methyl sites for hydroxylation is 2. The Balaban J connectivity index is 1.71. The summed E-state index contributed by atoms with van der Waals surface area (Å²) >= 11 is 0. The van der Waals surface area contributed by atoms with Crippen LogP contribution in [0, 0.1) is 13.8 Å². The van der Waals surface area contributed by atoms with E-state index >= 15 is 0 Å². The summed E-state index contributed by atoms with van der Waals surface area (Å²) in [5, 5.41) is 16.1. The third-order valence-electron chi connectivity index (χ3n) is 3.68. The number of aliphatic hydroxyl groups excluding tert-OH is 1. The molecule has 0 radical (unpaired) electrons. The fraction of sp³-hybridized carbons (Fsp3) is 0.562. The van der Waals surface area contributed by atoms with E-state index in [0.29, 0.717) is 19.5 Å². The van der Waals surface area contributed by atoms with Crippen LogP contribution in [0.2, 0.25) is 0 Å². The van der Waals surface area contributed by atoms with Crippen molar-refractivity contribution in [2.75, 3.05) is 19.7 Å². The highest BCUT2D eigenvalue weighted by Crippen LogP contribution is 2.19. The van der Waals surface area contributed by atoms with Crippen LogP contribution >= 0.6 is 0 Å². The van der Waals surface area contributed by atoms with E-state index in [-0.39, 0.29) is 18.6 Å². The number of rotatable bonds is 6. The van der Waals surface area contributed by atoms with Gasteiger partial charge >= 0.3 is 0 Å². The van der Waals surface area contributed by atoms with Gasteiger partial charge in [0.1, 0.15) is 18.5 Å². The molecular weight excluding hydrogens is 268 g/mol. The molecule has 2 rings (SSSR count). The van der Waals surface area contributed by atoms with Gasteiger partial charge in [-0.15, -0.1) is 0 Å². The number of carbonyl (C=O) groups is 1. The van der Waals surface area contributed by atoms with Crippen molar-refractivity contribution in [3.63, 3.8) is 0 Å². The van der Waals surface area contributed by atoms with E-state index in [9.17, 15) is 9.90 Å². The number of ether oxygens (including phenoxy) is 1. The van der Waals surface area contributed by atoms with Gasteiger partial charge in [0, 0.05) is 25.6 Å². The van der Waals surface area contributed by atoms with E-state index in [2.05, 4.69) is 10.6 Å². The Hall–Kier alpha value is -1.59. The molecule has 116 valence electrons. The van der Waals surface area contributed by atoms with Gasteiger partial charge in [-0.2, -0.15) is 0 Å². The van der Waals surface area contributed by atoms with Gasteiger partial charge in [0.15, 0.2) is 0 Å². The minimum Gasteiger partial charge on any atom is -0.491 e. The molecule has 1 heterocycles. The first-order valence-corrected chi connectivity index (χ1v) is 7.43. The van der Waals surface area contributed by atoms with Gasteiger partial charge in [0.25, 0.3) is 0 Å². The normalized spacial score (nSPS) is 20.0. The molecule has 1 aliphatic rings. The summed E-state index contributed by atoms with van der Waals surface area (Å²) in [4.78, 5) is 11.1. The Kier molecular flexibility index (Phi) is 5.59. The lowest BCUT2D eigenvalue weighted by Crippen LogP contribution is -2.48. The molecule has 0 spiro atoms. The number of nitrogens with one attached hydrogen (secondary N) is 2. The van der Waals surface area contributed by atoms with Crippen molar-refractivity contribution in [3.8, 4) is 5.75 Å². The Morgan fingerprint density at radius 1 is 1.48 bits per heavy atom. The topological polar surface area (TPSA) is 70.6 Å². The van der Waals surface area contributed by atoms with Crippen molar-refractivity contribution < 1.29 is 14.6 Å². The SMILES string of the molecule is Cc1ccc(C)c(OCC(O)CNC2CCC(=O)NC2)c1. The van der Waals surface area contributed by atoms with E-state index in [1.165, 1.54) is 0 Å². The smallest absolute Gasteiger partial charge is 0.220 e. The Labute approximate surface area is 125 Å². The van der Waals surface area contributed by atoms with Crippen LogP contribution in [0.5, 0.6) is 5.75 Å². The third kappa shape index (κ3) is 5.02. The largest absolute Gasteiger partial charge is 0.491 e. The first-order chi connectivity index (χ1) is 10.0. The van der Waals surface area contributed by atoms with Crippen LogP contribution in [0.15, 0.2) is 18.2 Å². The number of benzene rings is 1. The first-order valence-electron chi connectivity index (χ1n) is 7.43. The molecule has 1 saturated heterocycles. The molecule has 0 bridgehead atoms. The van der Waals surface area contributed by atoms with Crippen molar-refractivity contribution in [1.29, 1.82) is 0 Å². The summed E-state index contributed by atoms with van der Waals surface area (Å²) in [5.41, 5.74) is 2.21. The Morgan fingerprint density at radius 3 is 3.00 bits per heavy atom. The average Bonchev–Trinajstić information content (AvgIpc) is 2.47. The van der Waals surface area contributed by atoms with Crippen LogP contribution in [0.25, 0.3) is 0 Å². The minimum atomic E-state index is -0.567. The number of carbonyl (C=O) groups excluding carboxylic acids is 1. The predicted octanol–water partition coefficient (Wildman–Crippen LogP) is 0.911. The van der Waals surface area contributed by atoms with Crippen LogP contribution in [0.3, 0.4) is 0 Å². The maximum Gasteiger partial charge on any atom is 0.220 e. The molecule has 2 unspecified atom stereocenters. The molecule has 2 atom stereocenters. The number of hydrogen-bond acceptors (Lipinski definition) is 4. The molecule has 1 fully saturated rings. The monoisotopic (exact) mass is 292 g/mol. The summed E-state index contributed by atoms with van der Waals surface area (Å²) < 4.78 is 5.68. The van der Waals surface area contributed by atoms with Gasteiger partial charge in [-0.3, -0.25) is 4.79 Å². The first kappa shape index (κ1) is 15.8. The lowest BCUT2D eigenvalue weighted by atomic mass is 10.1. The van der Waals surface area contributed by atoms with Gasteiger partial charge in [0.05, 0.1) is 0 Å². The molecule has 1 amide bonds. The van der Waals surface area contributed by atoms with Gasteiger partial charge in [0.2, 0.25) is 5.91 Å².